The van der Waals surface area contributed by atoms with Gasteiger partial charge in [0.05, 0.1) is 5.69 Å². The lowest BCUT2D eigenvalue weighted by atomic mass is 10.0. The van der Waals surface area contributed by atoms with Gasteiger partial charge in [-0.3, -0.25) is 4.98 Å². The SMILES string of the molecule is CC(C)NCc1ccc(Cl)cc1-c1ccccn1. The Morgan fingerprint density at radius 2 is 2.06 bits per heavy atom. The van der Waals surface area contributed by atoms with Gasteiger partial charge in [-0.2, -0.15) is 0 Å². The minimum Gasteiger partial charge on any atom is -0.310 e. The molecule has 0 bridgehead atoms. The first kappa shape index (κ1) is 13.1. The highest BCUT2D eigenvalue weighted by Gasteiger charge is 2.07. The second kappa shape index (κ2) is 5.98. The van der Waals surface area contributed by atoms with E-state index in [1.54, 1.807) is 6.20 Å². The molecule has 1 N–H and O–H groups in total. The second-order valence-corrected chi connectivity index (χ2v) is 4.99. The highest BCUT2D eigenvalue weighted by atomic mass is 35.5. The summed E-state index contributed by atoms with van der Waals surface area (Å²) >= 11 is 6.08. The summed E-state index contributed by atoms with van der Waals surface area (Å²) in [5, 5.41) is 4.16. The van der Waals surface area contributed by atoms with Crippen molar-refractivity contribution in [2.75, 3.05) is 0 Å². The molecule has 3 heteroatoms. The third kappa shape index (κ3) is 3.31. The number of halogens is 1. The molecule has 0 saturated heterocycles. The third-order valence-electron chi connectivity index (χ3n) is 2.71. The molecule has 0 amide bonds. The van der Waals surface area contributed by atoms with Crippen molar-refractivity contribution in [3.05, 3.63) is 53.2 Å². The van der Waals surface area contributed by atoms with Gasteiger partial charge in [0.1, 0.15) is 0 Å². The molecule has 2 nitrogen and oxygen atoms in total. The molecular formula is C15H17ClN2. The van der Waals surface area contributed by atoms with Crippen molar-refractivity contribution in [1.82, 2.24) is 10.3 Å². The van der Waals surface area contributed by atoms with Crippen molar-refractivity contribution >= 4 is 11.6 Å². The van der Waals surface area contributed by atoms with E-state index < -0.39 is 0 Å². The highest BCUT2D eigenvalue weighted by Crippen LogP contribution is 2.25. The molecule has 94 valence electrons. The van der Waals surface area contributed by atoms with Gasteiger partial charge in [-0.15, -0.1) is 0 Å². The van der Waals surface area contributed by atoms with Crippen molar-refractivity contribution in [2.45, 2.75) is 26.4 Å². The van der Waals surface area contributed by atoms with Gasteiger partial charge in [-0.1, -0.05) is 37.6 Å². The van der Waals surface area contributed by atoms with Crippen LogP contribution in [-0.2, 0) is 6.54 Å². The van der Waals surface area contributed by atoms with E-state index in [4.69, 9.17) is 11.6 Å². The molecule has 1 heterocycles. The van der Waals surface area contributed by atoms with Crippen LogP contribution in [0.15, 0.2) is 42.6 Å². The zero-order valence-corrected chi connectivity index (χ0v) is 11.4. The summed E-state index contributed by atoms with van der Waals surface area (Å²) < 4.78 is 0. The molecule has 2 aromatic rings. The van der Waals surface area contributed by atoms with E-state index in [0.29, 0.717) is 6.04 Å². The molecule has 0 radical (unpaired) electrons. The maximum Gasteiger partial charge on any atom is 0.0705 e. The van der Waals surface area contributed by atoms with Gasteiger partial charge in [0.25, 0.3) is 0 Å². The second-order valence-electron chi connectivity index (χ2n) is 4.55. The van der Waals surface area contributed by atoms with Gasteiger partial charge in [-0.05, 0) is 29.8 Å². The Balaban J connectivity index is 2.35. The van der Waals surface area contributed by atoms with Gasteiger partial charge < -0.3 is 5.32 Å². The summed E-state index contributed by atoms with van der Waals surface area (Å²) in [6.45, 7) is 5.09. The first-order valence-corrected chi connectivity index (χ1v) is 6.48. The van der Waals surface area contributed by atoms with Crippen molar-refractivity contribution in [1.29, 1.82) is 0 Å². The average Bonchev–Trinajstić information content (AvgIpc) is 2.38. The number of pyridine rings is 1. The molecule has 0 fully saturated rings. The Kier molecular flexibility index (Phi) is 4.34. The molecule has 0 aliphatic heterocycles. The molecule has 2 rings (SSSR count). The molecule has 1 aromatic carbocycles. The zero-order chi connectivity index (χ0) is 13.0. The van der Waals surface area contributed by atoms with Crippen LogP contribution in [0.5, 0.6) is 0 Å². The maximum atomic E-state index is 6.08. The van der Waals surface area contributed by atoms with Crippen molar-refractivity contribution in [2.24, 2.45) is 0 Å². The van der Waals surface area contributed by atoms with Gasteiger partial charge in [0.2, 0.25) is 0 Å². The summed E-state index contributed by atoms with van der Waals surface area (Å²) in [5.41, 5.74) is 3.27. The zero-order valence-electron chi connectivity index (χ0n) is 10.7. The fourth-order valence-corrected chi connectivity index (χ4v) is 1.95. The normalized spacial score (nSPS) is 10.9. The third-order valence-corrected chi connectivity index (χ3v) is 2.95. The van der Waals surface area contributed by atoms with Gasteiger partial charge in [0, 0.05) is 29.4 Å². The average molecular weight is 261 g/mol. The molecular weight excluding hydrogens is 244 g/mol. The largest absolute Gasteiger partial charge is 0.310 e. The number of hydrogen-bond acceptors (Lipinski definition) is 2. The first-order chi connectivity index (χ1) is 8.66. The van der Waals surface area contributed by atoms with Crippen LogP contribution >= 0.6 is 11.6 Å². The van der Waals surface area contributed by atoms with Gasteiger partial charge >= 0.3 is 0 Å². The van der Waals surface area contributed by atoms with E-state index in [-0.39, 0.29) is 0 Å². The van der Waals surface area contributed by atoms with Crippen molar-refractivity contribution < 1.29 is 0 Å². The van der Waals surface area contributed by atoms with E-state index >= 15 is 0 Å². The molecule has 18 heavy (non-hydrogen) atoms. The Hall–Kier alpha value is -1.38. The Morgan fingerprint density at radius 1 is 1.22 bits per heavy atom. The Labute approximate surface area is 113 Å². The van der Waals surface area contributed by atoms with Crippen LogP contribution in [0.2, 0.25) is 5.02 Å². The lowest BCUT2D eigenvalue weighted by Crippen LogP contribution is -2.22. The number of nitrogens with one attached hydrogen (secondary N) is 1. The van der Waals surface area contributed by atoms with Crippen LogP contribution in [0.25, 0.3) is 11.3 Å². The van der Waals surface area contributed by atoms with Crippen LogP contribution in [0.1, 0.15) is 19.4 Å². The number of benzene rings is 1. The van der Waals surface area contributed by atoms with E-state index in [1.807, 2.05) is 30.3 Å². The number of nitrogens with zero attached hydrogens (tertiary/aromatic N) is 1. The van der Waals surface area contributed by atoms with E-state index in [0.717, 1.165) is 22.8 Å². The van der Waals surface area contributed by atoms with Crippen molar-refractivity contribution in [3.8, 4) is 11.3 Å². The quantitative estimate of drug-likeness (QED) is 0.902. The van der Waals surface area contributed by atoms with Crippen molar-refractivity contribution in [3.63, 3.8) is 0 Å². The molecule has 0 aliphatic carbocycles. The fourth-order valence-electron chi connectivity index (χ4n) is 1.78. The summed E-state index contributed by atoms with van der Waals surface area (Å²) in [6, 6.07) is 12.3. The van der Waals surface area contributed by atoms with E-state index in [2.05, 4.69) is 30.2 Å². The van der Waals surface area contributed by atoms with Gasteiger partial charge in [0.15, 0.2) is 0 Å². The Bertz CT molecular complexity index is 509. The van der Waals surface area contributed by atoms with Crippen LogP contribution < -0.4 is 5.32 Å². The fraction of sp³-hybridized carbons (Fsp3) is 0.267. The summed E-state index contributed by atoms with van der Waals surface area (Å²) in [4.78, 5) is 4.39. The molecule has 0 spiro atoms. The monoisotopic (exact) mass is 260 g/mol. The van der Waals surface area contributed by atoms with Crippen LogP contribution in [0.4, 0.5) is 0 Å². The smallest absolute Gasteiger partial charge is 0.0705 e. The Morgan fingerprint density at radius 3 is 2.72 bits per heavy atom. The minimum atomic E-state index is 0.456. The predicted octanol–water partition coefficient (Wildman–Crippen LogP) is 3.90. The first-order valence-electron chi connectivity index (χ1n) is 6.10. The van der Waals surface area contributed by atoms with E-state index in [1.165, 1.54) is 5.56 Å². The number of rotatable bonds is 4. The predicted molar refractivity (Wildman–Crippen MR) is 76.7 cm³/mol. The maximum absolute atomic E-state index is 6.08. The molecule has 0 unspecified atom stereocenters. The van der Waals surface area contributed by atoms with Crippen LogP contribution in [-0.4, -0.2) is 11.0 Å². The topological polar surface area (TPSA) is 24.9 Å². The van der Waals surface area contributed by atoms with Crippen LogP contribution in [0.3, 0.4) is 0 Å². The lowest BCUT2D eigenvalue weighted by molar-refractivity contribution is 0.589. The molecule has 0 saturated carbocycles. The minimum absolute atomic E-state index is 0.456. The van der Waals surface area contributed by atoms with Gasteiger partial charge in [-0.25, -0.2) is 0 Å². The summed E-state index contributed by atoms with van der Waals surface area (Å²) in [6.07, 6.45) is 1.80. The number of hydrogen-bond donors (Lipinski definition) is 1. The summed E-state index contributed by atoms with van der Waals surface area (Å²) in [5.74, 6) is 0. The van der Waals surface area contributed by atoms with Crippen LogP contribution in [0, 0.1) is 0 Å². The highest BCUT2D eigenvalue weighted by molar-refractivity contribution is 6.30. The van der Waals surface area contributed by atoms with E-state index in [9.17, 15) is 0 Å². The molecule has 0 aliphatic rings. The molecule has 1 aromatic heterocycles. The summed E-state index contributed by atoms with van der Waals surface area (Å²) in [7, 11) is 0. The number of aromatic nitrogens is 1. The standard InChI is InChI=1S/C15H17ClN2/c1-11(2)18-10-12-6-7-13(16)9-14(12)15-5-3-4-8-17-15/h3-9,11,18H,10H2,1-2H3. The molecule has 0 atom stereocenters. The lowest BCUT2D eigenvalue weighted by Gasteiger charge is -2.12.